The molecule has 0 aromatic heterocycles. The molecule has 1 aromatic rings. The van der Waals surface area contributed by atoms with Crippen LogP contribution < -0.4 is 0 Å². The zero-order chi connectivity index (χ0) is 13.0. The number of carbonyl (C=O) groups is 2. The van der Waals surface area contributed by atoms with E-state index in [1.54, 1.807) is 4.90 Å². The average Bonchev–Trinajstić information content (AvgIpc) is 2.78. The lowest BCUT2D eigenvalue weighted by atomic mass is 10.2. The first-order valence-corrected chi connectivity index (χ1v) is 6.22. The molecular formula is C14H17NO3. The average molecular weight is 247 g/mol. The lowest BCUT2D eigenvalue weighted by molar-refractivity contribution is -0.152. The van der Waals surface area contributed by atoms with Gasteiger partial charge < -0.3 is 9.64 Å². The maximum Gasteiger partial charge on any atom is 0.329 e. The standard InChI is InChI=1S/C14H17NO3/c1-2-15-12(8-9-13(15)16)14(17)18-10-11-6-4-3-5-7-11/h3-7,12H,2,8-10H2,1H3. The van der Waals surface area contributed by atoms with Crippen LogP contribution in [0.5, 0.6) is 0 Å². The van der Waals surface area contributed by atoms with Crippen molar-refractivity contribution in [1.29, 1.82) is 0 Å². The number of rotatable bonds is 4. The molecule has 0 spiro atoms. The van der Waals surface area contributed by atoms with E-state index in [-0.39, 0.29) is 18.5 Å². The summed E-state index contributed by atoms with van der Waals surface area (Å²) in [7, 11) is 0. The Labute approximate surface area is 107 Å². The van der Waals surface area contributed by atoms with Gasteiger partial charge in [0.25, 0.3) is 0 Å². The SMILES string of the molecule is CCN1C(=O)CCC1C(=O)OCc1ccccc1. The van der Waals surface area contributed by atoms with E-state index in [9.17, 15) is 9.59 Å². The fourth-order valence-corrected chi connectivity index (χ4v) is 2.20. The van der Waals surface area contributed by atoms with Crippen LogP contribution in [0.2, 0.25) is 0 Å². The number of amides is 1. The van der Waals surface area contributed by atoms with Gasteiger partial charge in [0.1, 0.15) is 12.6 Å². The summed E-state index contributed by atoms with van der Waals surface area (Å²) in [4.78, 5) is 25.0. The highest BCUT2D eigenvalue weighted by atomic mass is 16.5. The number of likely N-dealkylation sites (tertiary alicyclic amines) is 1. The first-order chi connectivity index (χ1) is 8.72. The molecule has 1 aromatic carbocycles. The molecule has 0 N–H and O–H groups in total. The van der Waals surface area contributed by atoms with Gasteiger partial charge in [-0.05, 0) is 18.9 Å². The second-order valence-corrected chi connectivity index (χ2v) is 4.33. The van der Waals surface area contributed by atoms with Crippen molar-refractivity contribution in [1.82, 2.24) is 4.90 Å². The third-order valence-corrected chi connectivity index (χ3v) is 3.16. The Balaban J connectivity index is 1.90. The minimum atomic E-state index is -0.397. The molecular weight excluding hydrogens is 230 g/mol. The summed E-state index contributed by atoms with van der Waals surface area (Å²) < 4.78 is 5.26. The Morgan fingerprint density at radius 3 is 2.78 bits per heavy atom. The molecule has 1 atom stereocenters. The summed E-state index contributed by atoms with van der Waals surface area (Å²) in [5.41, 5.74) is 0.957. The topological polar surface area (TPSA) is 46.6 Å². The Morgan fingerprint density at radius 1 is 1.39 bits per heavy atom. The predicted molar refractivity (Wildman–Crippen MR) is 66.6 cm³/mol. The molecule has 96 valence electrons. The molecule has 18 heavy (non-hydrogen) atoms. The van der Waals surface area contributed by atoms with Crippen molar-refractivity contribution < 1.29 is 14.3 Å². The van der Waals surface area contributed by atoms with E-state index in [1.807, 2.05) is 37.3 Å². The maximum absolute atomic E-state index is 11.9. The maximum atomic E-state index is 11.9. The number of esters is 1. The molecule has 1 unspecified atom stereocenters. The molecule has 0 aliphatic carbocycles. The summed E-state index contributed by atoms with van der Waals surface area (Å²) >= 11 is 0. The van der Waals surface area contributed by atoms with Gasteiger partial charge in [-0.2, -0.15) is 0 Å². The molecule has 0 radical (unpaired) electrons. The zero-order valence-corrected chi connectivity index (χ0v) is 10.5. The zero-order valence-electron chi connectivity index (χ0n) is 10.5. The van der Waals surface area contributed by atoms with Crippen molar-refractivity contribution in [3.8, 4) is 0 Å². The fourth-order valence-electron chi connectivity index (χ4n) is 2.20. The normalized spacial score (nSPS) is 19.1. The van der Waals surface area contributed by atoms with Gasteiger partial charge in [0.05, 0.1) is 0 Å². The van der Waals surface area contributed by atoms with Gasteiger partial charge in [-0.15, -0.1) is 0 Å². The molecule has 1 fully saturated rings. The number of carbonyl (C=O) groups excluding carboxylic acids is 2. The summed E-state index contributed by atoms with van der Waals surface area (Å²) in [6.07, 6.45) is 1.01. The Morgan fingerprint density at radius 2 is 2.11 bits per heavy atom. The highest BCUT2D eigenvalue weighted by Crippen LogP contribution is 2.19. The molecule has 1 saturated heterocycles. The minimum Gasteiger partial charge on any atom is -0.459 e. The van der Waals surface area contributed by atoms with E-state index in [2.05, 4.69) is 0 Å². The third-order valence-electron chi connectivity index (χ3n) is 3.16. The predicted octanol–water partition coefficient (Wildman–Crippen LogP) is 1.74. The molecule has 1 heterocycles. The summed E-state index contributed by atoms with van der Waals surface area (Å²) in [5, 5.41) is 0. The van der Waals surface area contributed by atoms with Crippen LogP contribution in [0.4, 0.5) is 0 Å². The van der Waals surface area contributed by atoms with Gasteiger partial charge in [-0.25, -0.2) is 4.79 Å². The summed E-state index contributed by atoms with van der Waals surface area (Å²) in [5.74, 6) is -0.259. The van der Waals surface area contributed by atoms with Crippen molar-refractivity contribution in [3.63, 3.8) is 0 Å². The number of benzene rings is 1. The molecule has 1 amide bonds. The molecule has 0 bridgehead atoms. The molecule has 4 heteroatoms. The lowest BCUT2D eigenvalue weighted by Crippen LogP contribution is -2.39. The van der Waals surface area contributed by atoms with Gasteiger partial charge in [-0.3, -0.25) is 4.79 Å². The van der Waals surface area contributed by atoms with Crippen LogP contribution in [0, 0.1) is 0 Å². The van der Waals surface area contributed by atoms with E-state index in [1.165, 1.54) is 0 Å². The Kier molecular flexibility index (Phi) is 3.97. The van der Waals surface area contributed by atoms with Gasteiger partial charge in [0.2, 0.25) is 5.91 Å². The highest BCUT2D eigenvalue weighted by molar-refractivity contribution is 5.88. The highest BCUT2D eigenvalue weighted by Gasteiger charge is 2.35. The van der Waals surface area contributed by atoms with Crippen LogP contribution in [-0.2, 0) is 20.9 Å². The quantitative estimate of drug-likeness (QED) is 0.761. The molecule has 1 aliphatic heterocycles. The van der Waals surface area contributed by atoms with Gasteiger partial charge >= 0.3 is 5.97 Å². The second-order valence-electron chi connectivity index (χ2n) is 4.33. The van der Waals surface area contributed by atoms with Crippen molar-refractivity contribution >= 4 is 11.9 Å². The monoisotopic (exact) mass is 247 g/mol. The van der Waals surface area contributed by atoms with Crippen molar-refractivity contribution in [3.05, 3.63) is 35.9 Å². The van der Waals surface area contributed by atoms with E-state index < -0.39 is 6.04 Å². The minimum absolute atomic E-state index is 0.0409. The summed E-state index contributed by atoms with van der Waals surface area (Å²) in [6, 6.07) is 9.14. The fraction of sp³-hybridized carbons (Fsp3) is 0.429. The van der Waals surface area contributed by atoms with Crippen LogP contribution in [0.3, 0.4) is 0 Å². The number of hydrogen-bond donors (Lipinski definition) is 0. The van der Waals surface area contributed by atoms with E-state index in [0.29, 0.717) is 19.4 Å². The van der Waals surface area contributed by atoms with Crippen molar-refractivity contribution in [2.45, 2.75) is 32.4 Å². The third kappa shape index (κ3) is 2.70. The summed E-state index contributed by atoms with van der Waals surface area (Å²) in [6.45, 7) is 2.70. The van der Waals surface area contributed by atoms with Crippen molar-refractivity contribution in [2.75, 3.05) is 6.54 Å². The Hall–Kier alpha value is -1.84. The van der Waals surface area contributed by atoms with Crippen LogP contribution in [-0.4, -0.2) is 29.4 Å². The largest absolute Gasteiger partial charge is 0.459 e. The van der Waals surface area contributed by atoms with Crippen molar-refractivity contribution in [2.24, 2.45) is 0 Å². The van der Waals surface area contributed by atoms with Crippen LogP contribution in [0.1, 0.15) is 25.3 Å². The number of nitrogens with zero attached hydrogens (tertiary/aromatic N) is 1. The van der Waals surface area contributed by atoms with Crippen LogP contribution in [0.25, 0.3) is 0 Å². The first-order valence-electron chi connectivity index (χ1n) is 6.22. The number of ether oxygens (including phenoxy) is 1. The first kappa shape index (κ1) is 12.6. The molecule has 0 saturated carbocycles. The second kappa shape index (κ2) is 5.67. The van der Waals surface area contributed by atoms with Crippen LogP contribution >= 0.6 is 0 Å². The molecule has 2 rings (SSSR count). The Bertz CT molecular complexity index is 430. The van der Waals surface area contributed by atoms with Gasteiger partial charge in [-0.1, -0.05) is 30.3 Å². The number of hydrogen-bond acceptors (Lipinski definition) is 3. The van der Waals surface area contributed by atoms with Gasteiger partial charge in [0, 0.05) is 13.0 Å². The number of likely N-dealkylation sites (N-methyl/N-ethyl adjacent to an activating group) is 1. The molecule has 1 aliphatic rings. The molecule has 4 nitrogen and oxygen atoms in total. The van der Waals surface area contributed by atoms with E-state index in [4.69, 9.17) is 4.74 Å². The van der Waals surface area contributed by atoms with Crippen LogP contribution in [0.15, 0.2) is 30.3 Å². The van der Waals surface area contributed by atoms with E-state index in [0.717, 1.165) is 5.56 Å². The smallest absolute Gasteiger partial charge is 0.329 e. The lowest BCUT2D eigenvalue weighted by Gasteiger charge is -2.21. The van der Waals surface area contributed by atoms with Gasteiger partial charge in [0.15, 0.2) is 0 Å². The van der Waals surface area contributed by atoms with E-state index >= 15 is 0 Å².